The molecule has 1 aliphatic rings. The lowest BCUT2D eigenvalue weighted by Gasteiger charge is -2.31. The number of benzene rings is 1. The van der Waals surface area contributed by atoms with Crippen molar-refractivity contribution in [3.63, 3.8) is 0 Å². The minimum atomic E-state index is -0.102. The minimum Gasteiger partial charge on any atom is -0.393 e. The maximum absolute atomic E-state index is 9.57. The Labute approximate surface area is 110 Å². The monoisotopic (exact) mass is 247 g/mol. The third kappa shape index (κ3) is 2.76. The van der Waals surface area contributed by atoms with Crippen LogP contribution in [0.3, 0.4) is 0 Å². The molecule has 0 radical (unpaired) electrons. The van der Waals surface area contributed by atoms with Gasteiger partial charge < -0.3 is 10.8 Å². The molecular weight excluding hydrogens is 222 g/mol. The zero-order valence-corrected chi connectivity index (χ0v) is 11.7. The molecule has 1 unspecified atom stereocenters. The zero-order valence-electron chi connectivity index (χ0n) is 11.7. The van der Waals surface area contributed by atoms with Crippen LogP contribution < -0.4 is 5.73 Å². The van der Waals surface area contributed by atoms with Crippen LogP contribution >= 0.6 is 0 Å². The van der Waals surface area contributed by atoms with E-state index in [0.29, 0.717) is 5.92 Å². The molecule has 2 rings (SSSR count). The van der Waals surface area contributed by atoms with Crippen molar-refractivity contribution in [2.75, 3.05) is 0 Å². The molecule has 1 aromatic carbocycles. The molecule has 0 heterocycles. The first-order chi connectivity index (χ1) is 8.49. The fourth-order valence-corrected chi connectivity index (χ4v) is 3.06. The average molecular weight is 247 g/mol. The second kappa shape index (κ2) is 5.41. The van der Waals surface area contributed by atoms with E-state index in [-0.39, 0.29) is 12.1 Å². The quantitative estimate of drug-likeness (QED) is 0.843. The lowest BCUT2D eigenvalue weighted by atomic mass is 9.79. The van der Waals surface area contributed by atoms with Crippen molar-refractivity contribution in [2.24, 2.45) is 11.7 Å². The average Bonchev–Trinajstić information content (AvgIpc) is 2.34. The fraction of sp³-hybridized carbons (Fsp3) is 0.625. The van der Waals surface area contributed by atoms with Gasteiger partial charge in [-0.05, 0) is 74.6 Å². The van der Waals surface area contributed by atoms with Crippen LogP contribution in [0, 0.1) is 26.7 Å². The molecule has 0 amide bonds. The lowest BCUT2D eigenvalue weighted by Crippen LogP contribution is -2.28. The molecule has 100 valence electrons. The van der Waals surface area contributed by atoms with Crippen LogP contribution in [0.1, 0.15) is 54.0 Å². The Morgan fingerprint density at radius 2 is 1.56 bits per heavy atom. The third-order valence-electron chi connectivity index (χ3n) is 4.49. The van der Waals surface area contributed by atoms with Crippen molar-refractivity contribution in [1.29, 1.82) is 0 Å². The van der Waals surface area contributed by atoms with Gasteiger partial charge in [-0.25, -0.2) is 0 Å². The van der Waals surface area contributed by atoms with Crippen LogP contribution in [-0.4, -0.2) is 11.2 Å². The van der Waals surface area contributed by atoms with E-state index in [4.69, 9.17) is 5.73 Å². The van der Waals surface area contributed by atoms with Gasteiger partial charge in [0.15, 0.2) is 0 Å². The van der Waals surface area contributed by atoms with Crippen molar-refractivity contribution in [2.45, 2.75) is 58.6 Å². The van der Waals surface area contributed by atoms with Crippen LogP contribution in [-0.2, 0) is 0 Å². The Bertz CT molecular complexity index is 419. The molecule has 0 aromatic heterocycles. The maximum atomic E-state index is 9.57. The summed E-state index contributed by atoms with van der Waals surface area (Å²) in [6, 6.07) is 4.61. The number of nitrogens with two attached hydrogens (primary N) is 1. The highest BCUT2D eigenvalue weighted by molar-refractivity contribution is 5.38. The van der Waals surface area contributed by atoms with Crippen LogP contribution in [0.2, 0.25) is 0 Å². The summed E-state index contributed by atoms with van der Waals surface area (Å²) < 4.78 is 0. The summed E-state index contributed by atoms with van der Waals surface area (Å²) in [5, 5.41) is 9.57. The van der Waals surface area contributed by atoms with Gasteiger partial charge in [0.1, 0.15) is 0 Å². The van der Waals surface area contributed by atoms with Gasteiger partial charge in [-0.3, -0.25) is 0 Å². The van der Waals surface area contributed by atoms with Crippen molar-refractivity contribution in [3.05, 3.63) is 34.4 Å². The molecule has 18 heavy (non-hydrogen) atoms. The van der Waals surface area contributed by atoms with Gasteiger partial charge in [-0.2, -0.15) is 0 Å². The number of aliphatic hydroxyl groups excluding tert-OH is 1. The molecule has 1 aliphatic carbocycles. The van der Waals surface area contributed by atoms with E-state index in [9.17, 15) is 5.11 Å². The van der Waals surface area contributed by atoms with Gasteiger partial charge in [-0.15, -0.1) is 0 Å². The van der Waals surface area contributed by atoms with Gasteiger partial charge in [0, 0.05) is 6.04 Å². The molecule has 2 nitrogen and oxygen atoms in total. The van der Waals surface area contributed by atoms with Crippen molar-refractivity contribution < 1.29 is 5.11 Å². The van der Waals surface area contributed by atoms with Crippen LogP contribution in [0.4, 0.5) is 0 Å². The largest absolute Gasteiger partial charge is 0.393 e. The number of rotatable bonds is 2. The fourth-order valence-electron chi connectivity index (χ4n) is 3.06. The van der Waals surface area contributed by atoms with Crippen LogP contribution in [0.15, 0.2) is 12.1 Å². The summed E-state index contributed by atoms with van der Waals surface area (Å²) >= 11 is 0. The predicted octanol–water partition coefficient (Wildman–Crippen LogP) is 3.16. The summed E-state index contributed by atoms with van der Waals surface area (Å²) in [5.41, 5.74) is 11.7. The van der Waals surface area contributed by atoms with Crippen LogP contribution in [0.5, 0.6) is 0 Å². The number of aryl methyl sites for hydroxylation is 3. The van der Waals surface area contributed by atoms with E-state index in [1.807, 2.05) is 0 Å². The molecule has 3 N–H and O–H groups in total. The highest BCUT2D eigenvalue weighted by Gasteiger charge is 2.26. The zero-order chi connectivity index (χ0) is 13.3. The van der Waals surface area contributed by atoms with Crippen LogP contribution in [0.25, 0.3) is 0 Å². The van der Waals surface area contributed by atoms with E-state index < -0.39 is 0 Å². The normalized spacial score (nSPS) is 26.1. The number of aliphatic hydroxyl groups is 1. The third-order valence-corrected chi connectivity index (χ3v) is 4.49. The standard InChI is InChI=1S/C16H25NO/c1-10-8-12(3)15(9-11(10)2)16(17)13-4-6-14(18)7-5-13/h8-9,13-14,16,18H,4-7,17H2,1-3H3. The van der Waals surface area contributed by atoms with E-state index in [2.05, 4.69) is 32.9 Å². The van der Waals surface area contributed by atoms with Crippen molar-refractivity contribution in [1.82, 2.24) is 0 Å². The molecule has 1 fully saturated rings. The first-order valence-corrected chi connectivity index (χ1v) is 7.00. The molecule has 0 spiro atoms. The summed E-state index contributed by atoms with van der Waals surface area (Å²) in [4.78, 5) is 0. The van der Waals surface area contributed by atoms with Gasteiger partial charge in [0.05, 0.1) is 6.10 Å². The van der Waals surface area contributed by atoms with Gasteiger partial charge in [-0.1, -0.05) is 12.1 Å². The Balaban J connectivity index is 2.18. The smallest absolute Gasteiger partial charge is 0.0540 e. The van der Waals surface area contributed by atoms with Crippen molar-refractivity contribution >= 4 is 0 Å². The topological polar surface area (TPSA) is 46.2 Å². The van der Waals surface area contributed by atoms with Gasteiger partial charge in [0.25, 0.3) is 0 Å². The molecule has 1 atom stereocenters. The molecule has 0 saturated heterocycles. The molecular formula is C16H25NO. The Hall–Kier alpha value is -0.860. The first-order valence-electron chi connectivity index (χ1n) is 7.00. The SMILES string of the molecule is Cc1cc(C)c(C(N)C2CCC(O)CC2)cc1C. The molecule has 0 aliphatic heterocycles. The number of hydrogen-bond donors (Lipinski definition) is 2. The Morgan fingerprint density at radius 1 is 1.00 bits per heavy atom. The number of hydrogen-bond acceptors (Lipinski definition) is 2. The second-order valence-electron chi connectivity index (χ2n) is 5.89. The minimum absolute atomic E-state index is 0.102. The van der Waals surface area contributed by atoms with E-state index in [0.717, 1.165) is 25.7 Å². The maximum Gasteiger partial charge on any atom is 0.0540 e. The summed E-state index contributed by atoms with van der Waals surface area (Å²) in [6.07, 6.45) is 3.81. The highest BCUT2D eigenvalue weighted by Crippen LogP contribution is 2.34. The Kier molecular flexibility index (Phi) is 4.08. The second-order valence-corrected chi connectivity index (χ2v) is 5.89. The van der Waals surface area contributed by atoms with E-state index in [1.54, 1.807) is 0 Å². The highest BCUT2D eigenvalue weighted by atomic mass is 16.3. The van der Waals surface area contributed by atoms with Gasteiger partial charge >= 0.3 is 0 Å². The summed E-state index contributed by atoms with van der Waals surface area (Å²) in [5.74, 6) is 0.522. The van der Waals surface area contributed by atoms with E-state index >= 15 is 0 Å². The van der Waals surface area contributed by atoms with E-state index in [1.165, 1.54) is 22.3 Å². The van der Waals surface area contributed by atoms with Gasteiger partial charge in [0.2, 0.25) is 0 Å². The molecule has 1 saturated carbocycles. The molecule has 0 bridgehead atoms. The molecule has 2 heteroatoms. The predicted molar refractivity (Wildman–Crippen MR) is 75.5 cm³/mol. The summed E-state index contributed by atoms with van der Waals surface area (Å²) in [7, 11) is 0. The summed E-state index contributed by atoms with van der Waals surface area (Å²) in [6.45, 7) is 6.45. The molecule has 1 aromatic rings. The Morgan fingerprint density at radius 3 is 2.17 bits per heavy atom. The first kappa shape index (κ1) is 13.6. The lowest BCUT2D eigenvalue weighted by molar-refractivity contribution is 0.102. The van der Waals surface area contributed by atoms with Crippen molar-refractivity contribution in [3.8, 4) is 0 Å².